The van der Waals surface area contributed by atoms with Gasteiger partial charge in [-0.1, -0.05) is 17.7 Å². The van der Waals surface area contributed by atoms with Gasteiger partial charge < -0.3 is 15.5 Å². The summed E-state index contributed by atoms with van der Waals surface area (Å²) >= 11 is 5.75. The van der Waals surface area contributed by atoms with E-state index in [1.54, 1.807) is 0 Å². The molecule has 13 heteroatoms. The summed E-state index contributed by atoms with van der Waals surface area (Å²) < 4.78 is 28.8. The first kappa shape index (κ1) is 25.7. The lowest BCUT2D eigenvalue weighted by molar-refractivity contribution is -0.146. The molecule has 36 heavy (non-hydrogen) atoms. The first-order valence-electron chi connectivity index (χ1n) is 11.2. The van der Waals surface area contributed by atoms with Crippen LogP contribution in [0.1, 0.15) is 31.2 Å². The highest BCUT2D eigenvalue weighted by Gasteiger charge is 2.58. The van der Waals surface area contributed by atoms with Gasteiger partial charge in [-0.3, -0.25) is 28.9 Å². The summed E-state index contributed by atoms with van der Waals surface area (Å²) in [6.45, 7) is -0.573. The van der Waals surface area contributed by atoms with Crippen molar-refractivity contribution in [2.24, 2.45) is 4.99 Å². The molecule has 4 amide bonds. The number of aliphatic imine (C=N–C) groups is 1. The molecule has 3 fully saturated rings. The number of rotatable bonds is 4. The molecular formula is C23H24ClF2N5O5. The van der Waals surface area contributed by atoms with E-state index < -0.39 is 59.0 Å². The van der Waals surface area contributed by atoms with Gasteiger partial charge in [0.05, 0.1) is 17.1 Å². The minimum atomic E-state index is -1.80. The third kappa shape index (κ3) is 4.57. The molecule has 10 nitrogen and oxygen atoms in total. The van der Waals surface area contributed by atoms with Crippen molar-refractivity contribution in [2.45, 2.75) is 49.5 Å². The lowest BCUT2D eigenvalue weighted by atomic mass is 9.76. The highest BCUT2D eigenvalue weighted by atomic mass is 35.5. The van der Waals surface area contributed by atoms with Crippen LogP contribution in [0.4, 0.5) is 8.78 Å². The predicted octanol–water partition coefficient (Wildman–Crippen LogP) is 0.513. The number of alkyl halides is 1. The van der Waals surface area contributed by atoms with E-state index in [2.05, 4.69) is 15.6 Å². The first-order valence-corrected chi connectivity index (χ1v) is 11.6. The second kappa shape index (κ2) is 9.23. The number of ketones is 1. The fourth-order valence-corrected chi connectivity index (χ4v) is 4.89. The summed E-state index contributed by atoms with van der Waals surface area (Å²) in [6, 6.07) is 2.04. The van der Waals surface area contributed by atoms with E-state index in [0.29, 0.717) is 5.56 Å². The molecule has 1 aliphatic carbocycles. The molecule has 4 aliphatic rings. The summed E-state index contributed by atoms with van der Waals surface area (Å²) in [5.74, 6) is -5.76. The average molecular weight is 524 g/mol. The number of fused-ring (bicyclic) bond motifs is 2. The van der Waals surface area contributed by atoms with E-state index >= 15 is 4.39 Å². The standard InChI is InChI=1S/C23H24ClF2N5O5/c1-30(2)20(36)18(34)29-23-7-5-22(26,6-8-23)11-31-19(35)16(32)15(28-21(23)31)17(33)27-10-12-3-4-14(25)13(24)9-12/h3-4,9,15H,5-8,10-11H2,1-2H3,(H,27,33)(H,29,34). The molecule has 1 unspecified atom stereocenters. The van der Waals surface area contributed by atoms with Crippen LogP contribution in [0.3, 0.4) is 0 Å². The zero-order valence-corrected chi connectivity index (χ0v) is 20.3. The van der Waals surface area contributed by atoms with Crippen LogP contribution in [0.5, 0.6) is 0 Å². The van der Waals surface area contributed by atoms with Crippen molar-refractivity contribution in [3.63, 3.8) is 0 Å². The minimum absolute atomic E-state index is 0.0230. The number of likely N-dealkylation sites (N-methyl/N-ethyl adjacent to an activating group) is 1. The maximum absolute atomic E-state index is 15.4. The summed E-state index contributed by atoms with van der Waals surface area (Å²) in [4.78, 5) is 69.8. The summed E-state index contributed by atoms with van der Waals surface area (Å²) in [5, 5.41) is 4.93. The monoisotopic (exact) mass is 523 g/mol. The van der Waals surface area contributed by atoms with Crippen LogP contribution in [0.25, 0.3) is 0 Å². The molecule has 2 saturated heterocycles. The molecule has 0 aromatic heterocycles. The average Bonchev–Trinajstić information content (AvgIpc) is 3.03. The Morgan fingerprint density at radius 2 is 1.86 bits per heavy atom. The van der Waals surface area contributed by atoms with Gasteiger partial charge in [-0.25, -0.2) is 13.8 Å². The van der Waals surface area contributed by atoms with E-state index in [0.717, 1.165) is 15.9 Å². The van der Waals surface area contributed by atoms with Crippen molar-refractivity contribution in [3.05, 3.63) is 34.6 Å². The number of hydrogen-bond acceptors (Lipinski definition) is 6. The van der Waals surface area contributed by atoms with Gasteiger partial charge in [0.15, 0.2) is 6.04 Å². The lowest BCUT2D eigenvalue weighted by Crippen LogP contribution is -2.65. The molecule has 0 radical (unpaired) electrons. The number of benzene rings is 1. The normalized spacial score (nSPS) is 27.1. The number of nitrogens with zero attached hydrogens (tertiary/aromatic N) is 3. The number of nitrogens with one attached hydrogen (secondary N) is 2. The van der Waals surface area contributed by atoms with Crippen molar-refractivity contribution in [1.29, 1.82) is 0 Å². The Bertz CT molecular complexity index is 1200. The van der Waals surface area contributed by atoms with Gasteiger partial charge in [-0.05, 0) is 43.4 Å². The van der Waals surface area contributed by atoms with Crippen LogP contribution in [0.15, 0.2) is 23.2 Å². The topological polar surface area (TPSA) is 128 Å². The van der Waals surface area contributed by atoms with Crippen LogP contribution in [-0.4, -0.2) is 82.9 Å². The first-order chi connectivity index (χ1) is 16.9. The second-order valence-corrected chi connectivity index (χ2v) is 9.87. The molecule has 5 rings (SSSR count). The molecule has 0 spiro atoms. The van der Waals surface area contributed by atoms with Crippen molar-refractivity contribution in [2.75, 3.05) is 20.6 Å². The van der Waals surface area contributed by atoms with E-state index in [-0.39, 0.29) is 43.1 Å². The van der Waals surface area contributed by atoms with Gasteiger partial charge >= 0.3 is 11.8 Å². The van der Waals surface area contributed by atoms with Crippen LogP contribution in [0, 0.1) is 5.82 Å². The Morgan fingerprint density at radius 3 is 2.47 bits per heavy atom. The Morgan fingerprint density at radius 1 is 1.19 bits per heavy atom. The summed E-state index contributed by atoms with van der Waals surface area (Å²) in [5.41, 5.74) is -2.77. The maximum Gasteiger partial charge on any atom is 0.311 e. The van der Waals surface area contributed by atoms with E-state index in [9.17, 15) is 28.4 Å². The molecule has 3 aliphatic heterocycles. The molecule has 192 valence electrons. The molecule has 1 aromatic rings. The van der Waals surface area contributed by atoms with Gasteiger partial charge in [0.2, 0.25) is 0 Å². The molecule has 3 heterocycles. The number of carbonyl (C=O) groups excluding carboxylic acids is 5. The van der Waals surface area contributed by atoms with Crippen molar-refractivity contribution >= 4 is 46.8 Å². The van der Waals surface area contributed by atoms with E-state index in [1.807, 2.05) is 0 Å². The van der Waals surface area contributed by atoms with Crippen molar-refractivity contribution in [1.82, 2.24) is 20.4 Å². The molecule has 1 aromatic carbocycles. The molecule has 1 saturated carbocycles. The number of amides is 4. The van der Waals surface area contributed by atoms with Gasteiger partial charge in [0, 0.05) is 20.6 Å². The fraction of sp³-hybridized carbons (Fsp3) is 0.478. The number of amidine groups is 1. The Kier molecular flexibility index (Phi) is 6.58. The minimum Gasteiger partial charge on any atom is -0.350 e. The quantitative estimate of drug-likeness (QED) is 0.439. The lowest BCUT2D eigenvalue weighted by Gasteiger charge is -2.40. The van der Waals surface area contributed by atoms with Gasteiger partial charge in [-0.2, -0.15) is 0 Å². The Balaban J connectivity index is 1.65. The van der Waals surface area contributed by atoms with Gasteiger partial charge in [0.25, 0.3) is 17.6 Å². The Labute approximate surface area is 210 Å². The molecule has 2 N–H and O–H groups in total. The van der Waals surface area contributed by atoms with Gasteiger partial charge in [0.1, 0.15) is 17.3 Å². The van der Waals surface area contributed by atoms with Crippen LogP contribution in [0.2, 0.25) is 5.02 Å². The number of Topliss-reactive ketones (excluding diaryl/α,β-unsaturated/α-hetero) is 1. The number of halogens is 3. The molecular weight excluding hydrogens is 500 g/mol. The van der Waals surface area contributed by atoms with Crippen LogP contribution >= 0.6 is 11.6 Å². The Hall–Kier alpha value is -3.41. The zero-order chi connectivity index (χ0) is 26.4. The van der Waals surface area contributed by atoms with Gasteiger partial charge in [-0.15, -0.1) is 0 Å². The zero-order valence-electron chi connectivity index (χ0n) is 19.6. The largest absolute Gasteiger partial charge is 0.350 e. The summed E-state index contributed by atoms with van der Waals surface area (Å²) in [7, 11) is 2.78. The SMILES string of the molecule is CN(C)C(=O)C(=O)NC12CCC(F)(CC1)CN1C(=O)C(=O)C(C(=O)NCc3ccc(F)c(Cl)c3)N=C12. The number of carbonyl (C=O) groups is 5. The van der Waals surface area contributed by atoms with Crippen LogP contribution in [-0.2, 0) is 30.5 Å². The summed E-state index contributed by atoms with van der Waals surface area (Å²) in [6.07, 6.45) is -0.0322. The van der Waals surface area contributed by atoms with Crippen molar-refractivity contribution in [3.8, 4) is 0 Å². The third-order valence-corrected chi connectivity index (χ3v) is 7.02. The highest BCUT2D eigenvalue weighted by Crippen LogP contribution is 2.44. The predicted molar refractivity (Wildman–Crippen MR) is 123 cm³/mol. The smallest absolute Gasteiger partial charge is 0.311 e. The molecule has 1 atom stereocenters. The van der Waals surface area contributed by atoms with E-state index in [4.69, 9.17) is 11.6 Å². The third-order valence-electron chi connectivity index (χ3n) is 6.73. The highest BCUT2D eigenvalue weighted by molar-refractivity contribution is 6.46. The fourth-order valence-electron chi connectivity index (χ4n) is 4.68. The maximum atomic E-state index is 15.4. The van der Waals surface area contributed by atoms with E-state index in [1.165, 1.54) is 26.2 Å². The second-order valence-electron chi connectivity index (χ2n) is 9.46. The van der Waals surface area contributed by atoms with Crippen LogP contribution < -0.4 is 10.6 Å². The number of hydrogen-bond donors (Lipinski definition) is 2. The molecule has 2 bridgehead atoms. The van der Waals surface area contributed by atoms with Crippen molar-refractivity contribution < 1.29 is 32.8 Å².